The minimum absolute atomic E-state index is 0. The number of alkyl halides is 3. The number of halogens is 4. The van der Waals surface area contributed by atoms with E-state index in [-0.39, 0.29) is 41.7 Å². The summed E-state index contributed by atoms with van der Waals surface area (Å²) in [6.07, 6.45) is -2.62. The maximum atomic E-state index is 11.9. The van der Waals surface area contributed by atoms with Gasteiger partial charge in [0.1, 0.15) is 5.75 Å². The van der Waals surface area contributed by atoms with Crippen molar-refractivity contribution in [2.24, 2.45) is 10.7 Å². The van der Waals surface area contributed by atoms with Crippen LogP contribution >= 0.6 is 24.0 Å². The first-order chi connectivity index (χ1) is 8.42. The Kier molecular flexibility index (Phi) is 5.27. The topological polar surface area (TPSA) is 59.6 Å². The third-order valence-corrected chi connectivity index (χ3v) is 2.23. The van der Waals surface area contributed by atoms with E-state index in [1.807, 2.05) is 0 Å². The first kappa shape index (κ1) is 15.9. The lowest BCUT2D eigenvalue weighted by atomic mass is 10.3. The lowest BCUT2D eigenvalue weighted by Gasteiger charge is -2.10. The fraction of sp³-hybridized carbons (Fsp3) is 0.364. The number of aliphatic imine (C=N–C) groups is 1. The summed E-state index contributed by atoms with van der Waals surface area (Å²) in [5.41, 5.74) is 6.18. The second-order valence-electron chi connectivity index (χ2n) is 3.94. The molecule has 0 spiro atoms. The number of ether oxygens (including phenoxy) is 1. The van der Waals surface area contributed by atoms with Gasteiger partial charge in [-0.2, -0.15) is 0 Å². The van der Waals surface area contributed by atoms with E-state index in [1.165, 1.54) is 24.3 Å². The van der Waals surface area contributed by atoms with E-state index in [0.29, 0.717) is 5.69 Å². The van der Waals surface area contributed by atoms with Crippen LogP contribution in [0, 0.1) is 0 Å². The van der Waals surface area contributed by atoms with E-state index in [2.05, 4.69) is 15.0 Å². The molecule has 0 radical (unpaired) electrons. The third-order valence-electron chi connectivity index (χ3n) is 2.23. The number of nitrogens with zero attached hydrogens (tertiary/aromatic N) is 1. The van der Waals surface area contributed by atoms with Gasteiger partial charge in [0.05, 0.1) is 6.04 Å². The molecule has 0 atom stereocenters. The summed E-state index contributed by atoms with van der Waals surface area (Å²) < 4.78 is 39.5. The van der Waals surface area contributed by atoms with Crippen molar-refractivity contribution in [3.05, 3.63) is 24.3 Å². The van der Waals surface area contributed by atoms with Crippen LogP contribution in [0.5, 0.6) is 5.75 Å². The molecule has 1 aromatic rings. The zero-order chi connectivity index (χ0) is 13.2. The standard InChI is InChI=1S/C11H12F3N3O.HI/c12-11(13,14)18-9-5-3-8(4-6-9)17-10(15)16-7-1-2-7;/h3-7H,1-2H2,(H3,15,16,17);1H. The molecule has 0 aliphatic heterocycles. The van der Waals surface area contributed by atoms with Crippen LogP contribution in [0.3, 0.4) is 0 Å². The molecule has 8 heteroatoms. The van der Waals surface area contributed by atoms with Crippen molar-refractivity contribution in [1.29, 1.82) is 0 Å². The number of hydrogen-bond acceptors (Lipinski definition) is 2. The number of nitrogens with one attached hydrogen (secondary N) is 1. The smallest absolute Gasteiger partial charge is 0.406 e. The van der Waals surface area contributed by atoms with Crippen molar-refractivity contribution in [1.82, 2.24) is 0 Å². The number of anilines is 1. The average molecular weight is 387 g/mol. The van der Waals surface area contributed by atoms with Crippen LogP contribution in [0.15, 0.2) is 29.3 Å². The van der Waals surface area contributed by atoms with Crippen molar-refractivity contribution in [2.45, 2.75) is 25.2 Å². The number of guanidine groups is 1. The van der Waals surface area contributed by atoms with Gasteiger partial charge in [0.25, 0.3) is 0 Å². The first-order valence-corrected chi connectivity index (χ1v) is 5.38. The summed E-state index contributed by atoms with van der Waals surface area (Å²) in [5, 5.41) is 2.79. The molecule has 0 aromatic heterocycles. The minimum atomic E-state index is -4.68. The highest BCUT2D eigenvalue weighted by molar-refractivity contribution is 14.0. The largest absolute Gasteiger partial charge is 0.573 e. The van der Waals surface area contributed by atoms with Crippen molar-refractivity contribution in [2.75, 3.05) is 5.32 Å². The molecule has 106 valence electrons. The second-order valence-corrected chi connectivity index (χ2v) is 3.94. The SMILES string of the molecule is I.NC(=NC1CC1)Nc1ccc(OC(F)(F)F)cc1. The van der Waals surface area contributed by atoms with Crippen molar-refractivity contribution in [3.8, 4) is 5.75 Å². The molecule has 3 N–H and O–H groups in total. The van der Waals surface area contributed by atoms with E-state index in [9.17, 15) is 13.2 Å². The molecule has 0 saturated heterocycles. The molecule has 1 fully saturated rings. The Bertz CT molecular complexity index is 443. The summed E-state index contributed by atoms with van der Waals surface area (Å²) in [5.74, 6) is -0.00672. The van der Waals surface area contributed by atoms with E-state index in [0.717, 1.165) is 12.8 Å². The van der Waals surface area contributed by atoms with Crippen molar-refractivity contribution in [3.63, 3.8) is 0 Å². The van der Waals surface area contributed by atoms with Crippen LogP contribution < -0.4 is 15.8 Å². The highest BCUT2D eigenvalue weighted by Crippen LogP contribution is 2.25. The predicted octanol–water partition coefficient (Wildman–Crippen LogP) is 3.09. The number of rotatable bonds is 3. The maximum Gasteiger partial charge on any atom is 0.573 e. The lowest BCUT2D eigenvalue weighted by molar-refractivity contribution is -0.274. The molecular formula is C11H13F3IN3O. The Labute approximate surface area is 125 Å². The van der Waals surface area contributed by atoms with Crippen LogP contribution in [-0.2, 0) is 0 Å². The quantitative estimate of drug-likeness (QED) is 0.476. The summed E-state index contributed by atoms with van der Waals surface area (Å²) >= 11 is 0. The monoisotopic (exact) mass is 387 g/mol. The summed E-state index contributed by atoms with van der Waals surface area (Å²) in [6, 6.07) is 5.58. The molecule has 0 amide bonds. The summed E-state index contributed by atoms with van der Waals surface area (Å²) in [4.78, 5) is 4.14. The van der Waals surface area contributed by atoms with E-state index in [1.54, 1.807) is 0 Å². The number of benzene rings is 1. The van der Waals surface area contributed by atoms with E-state index >= 15 is 0 Å². The van der Waals surface area contributed by atoms with Crippen molar-refractivity contribution >= 4 is 35.6 Å². The van der Waals surface area contributed by atoms with Gasteiger partial charge in [-0.05, 0) is 37.1 Å². The van der Waals surface area contributed by atoms with Gasteiger partial charge < -0.3 is 15.8 Å². The zero-order valence-electron chi connectivity index (χ0n) is 9.78. The van der Waals surface area contributed by atoms with Gasteiger partial charge in [0.2, 0.25) is 0 Å². The van der Waals surface area contributed by atoms with E-state index < -0.39 is 6.36 Å². The zero-order valence-corrected chi connectivity index (χ0v) is 12.1. The average Bonchev–Trinajstić information content (AvgIpc) is 3.02. The van der Waals surface area contributed by atoms with Gasteiger partial charge >= 0.3 is 6.36 Å². The Balaban J connectivity index is 0.00000180. The van der Waals surface area contributed by atoms with Crippen LogP contribution in [0.2, 0.25) is 0 Å². The van der Waals surface area contributed by atoms with Gasteiger partial charge in [-0.15, -0.1) is 37.1 Å². The molecule has 0 bridgehead atoms. The molecule has 1 aliphatic carbocycles. The molecule has 2 rings (SSSR count). The first-order valence-electron chi connectivity index (χ1n) is 5.38. The fourth-order valence-electron chi connectivity index (χ4n) is 1.32. The number of hydrogen-bond donors (Lipinski definition) is 2. The van der Waals surface area contributed by atoms with Crippen LogP contribution in [0.1, 0.15) is 12.8 Å². The molecule has 1 aliphatic rings. The Morgan fingerprint density at radius 3 is 2.32 bits per heavy atom. The second kappa shape index (κ2) is 6.31. The molecule has 19 heavy (non-hydrogen) atoms. The highest BCUT2D eigenvalue weighted by atomic mass is 127. The molecule has 0 unspecified atom stereocenters. The predicted molar refractivity (Wildman–Crippen MR) is 76.8 cm³/mol. The molecule has 4 nitrogen and oxygen atoms in total. The maximum absolute atomic E-state index is 11.9. The van der Waals surface area contributed by atoms with Crippen LogP contribution in [0.25, 0.3) is 0 Å². The highest BCUT2D eigenvalue weighted by Gasteiger charge is 2.30. The molecule has 1 saturated carbocycles. The normalized spacial score (nSPS) is 15.6. The van der Waals surface area contributed by atoms with Crippen molar-refractivity contribution < 1.29 is 17.9 Å². The van der Waals surface area contributed by atoms with Crippen LogP contribution in [-0.4, -0.2) is 18.4 Å². The minimum Gasteiger partial charge on any atom is -0.406 e. The molecular weight excluding hydrogens is 374 g/mol. The summed E-state index contributed by atoms with van der Waals surface area (Å²) in [7, 11) is 0. The van der Waals surface area contributed by atoms with Gasteiger partial charge in [-0.1, -0.05) is 0 Å². The molecule has 0 heterocycles. The molecule has 1 aromatic carbocycles. The lowest BCUT2D eigenvalue weighted by Crippen LogP contribution is -2.23. The Hall–Kier alpha value is -1.19. The van der Waals surface area contributed by atoms with Gasteiger partial charge in [0.15, 0.2) is 5.96 Å². The fourth-order valence-corrected chi connectivity index (χ4v) is 1.32. The number of nitrogens with two attached hydrogens (primary N) is 1. The Morgan fingerprint density at radius 1 is 1.26 bits per heavy atom. The van der Waals surface area contributed by atoms with Gasteiger partial charge in [0, 0.05) is 5.69 Å². The van der Waals surface area contributed by atoms with Gasteiger partial charge in [-0.25, -0.2) is 4.99 Å². The van der Waals surface area contributed by atoms with Gasteiger partial charge in [-0.3, -0.25) is 0 Å². The summed E-state index contributed by atoms with van der Waals surface area (Å²) in [6.45, 7) is 0. The third kappa shape index (κ3) is 5.99. The van der Waals surface area contributed by atoms with E-state index in [4.69, 9.17) is 5.73 Å². The van der Waals surface area contributed by atoms with Crippen LogP contribution in [0.4, 0.5) is 18.9 Å². The Morgan fingerprint density at radius 2 is 1.84 bits per heavy atom.